The third-order valence-electron chi connectivity index (χ3n) is 3.98. The Labute approximate surface area is 109 Å². The van der Waals surface area contributed by atoms with E-state index in [1.165, 1.54) is 6.08 Å². The maximum Gasteiger partial charge on any atom is 0.253 e. The third-order valence-corrected chi connectivity index (χ3v) is 3.98. The Bertz CT molecular complexity index is 346. The van der Waals surface area contributed by atoms with Gasteiger partial charge in [0.25, 0.3) is 5.91 Å². The molecule has 4 nitrogen and oxygen atoms in total. The van der Waals surface area contributed by atoms with Crippen molar-refractivity contribution in [3.8, 4) is 0 Å². The number of aliphatic hydroxyl groups excluding tert-OH is 1. The number of carbonyl (C=O) groups is 1. The molecule has 2 saturated heterocycles. The van der Waals surface area contributed by atoms with Crippen LogP contribution < -0.4 is 0 Å². The van der Waals surface area contributed by atoms with Gasteiger partial charge in [-0.3, -0.25) is 9.69 Å². The molecule has 2 aliphatic heterocycles. The maximum absolute atomic E-state index is 11.9. The number of hydrogen-bond donors (Lipinski definition) is 1. The van der Waals surface area contributed by atoms with E-state index in [2.05, 4.69) is 18.1 Å². The van der Waals surface area contributed by atoms with Crippen LogP contribution in [-0.2, 0) is 4.79 Å². The van der Waals surface area contributed by atoms with E-state index in [0.717, 1.165) is 45.4 Å². The van der Waals surface area contributed by atoms with Crippen LogP contribution in [0.25, 0.3) is 0 Å². The van der Waals surface area contributed by atoms with Crippen molar-refractivity contribution in [3.63, 3.8) is 0 Å². The number of aliphatic hydroxyl groups is 1. The molecule has 2 heterocycles. The molecule has 0 saturated carbocycles. The Balaban J connectivity index is 1.83. The van der Waals surface area contributed by atoms with E-state index < -0.39 is 0 Å². The number of amides is 1. The van der Waals surface area contributed by atoms with E-state index in [1.54, 1.807) is 0 Å². The van der Waals surface area contributed by atoms with Crippen LogP contribution in [0, 0.1) is 0 Å². The van der Waals surface area contributed by atoms with Crippen molar-refractivity contribution in [1.29, 1.82) is 0 Å². The summed E-state index contributed by atoms with van der Waals surface area (Å²) in [6, 6.07) is 0.517. The van der Waals surface area contributed by atoms with Gasteiger partial charge in [0, 0.05) is 37.8 Å². The molecule has 2 fully saturated rings. The SMILES string of the molecule is C=CC(=C)C(=O)N1CCC(N2CCC(O)C2)CC1. The van der Waals surface area contributed by atoms with Crippen LogP contribution in [0.3, 0.4) is 0 Å². The van der Waals surface area contributed by atoms with Gasteiger partial charge in [0.2, 0.25) is 0 Å². The summed E-state index contributed by atoms with van der Waals surface area (Å²) in [5, 5.41) is 9.55. The minimum Gasteiger partial charge on any atom is -0.392 e. The van der Waals surface area contributed by atoms with Crippen molar-refractivity contribution >= 4 is 5.91 Å². The van der Waals surface area contributed by atoms with E-state index >= 15 is 0 Å². The van der Waals surface area contributed by atoms with E-state index in [4.69, 9.17) is 0 Å². The second kappa shape index (κ2) is 5.67. The van der Waals surface area contributed by atoms with Gasteiger partial charge >= 0.3 is 0 Å². The van der Waals surface area contributed by atoms with Crippen LogP contribution in [0.2, 0.25) is 0 Å². The predicted octanol–water partition coefficient (Wildman–Crippen LogP) is 0.786. The highest BCUT2D eigenvalue weighted by atomic mass is 16.3. The Morgan fingerprint density at radius 1 is 1.22 bits per heavy atom. The standard InChI is InChI=1S/C14H22N2O2/c1-3-11(2)14(18)15-7-4-12(5-8-15)16-9-6-13(17)10-16/h3,12-13,17H,1-2,4-10H2. The molecule has 2 aliphatic rings. The van der Waals surface area contributed by atoms with Crippen molar-refractivity contribution in [2.75, 3.05) is 26.2 Å². The fourth-order valence-electron chi connectivity index (χ4n) is 2.82. The summed E-state index contributed by atoms with van der Waals surface area (Å²) < 4.78 is 0. The zero-order chi connectivity index (χ0) is 13.1. The second-order valence-electron chi connectivity index (χ2n) is 5.19. The van der Waals surface area contributed by atoms with Gasteiger partial charge in [0.1, 0.15) is 0 Å². The topological polar surface area (TPSA) is 43.8 Å². The summed E-state index contributed by atoms with van der Waals surface area (Å²) in [5.74, 6) is 0.00454. The monoisotopic (exact) mass is 250 g/mol. The van der Waals surface area contributed by atoms with E-state index in [1.807, 2.05) is 4.90 Å². The quantitative estimate of drug-likeness (QED) is 0.595. The lowest BCUT2D eigenvalue weighted by molar-refractivity contribution is -0.128. The lowest BCUT2D eigenvalue weighted by atomic mass is 10.0. The second-order valence-corrected chi connectivity index (χ2v) is 5.19. The first-order valence-electron chi connectivity index (χ1n) is 6.64. The van der Waals surface area contributed by atoms with Crippen molar-refractivity contribution < 1.29 is 9.90 Å². The molecule has 1 amide bonds. The molecule has 100 valence electrons. The van der Waals surface area contributed by atoms with Gasteiger partial charge in [-0.1, -0.05) is 19.2 Å². The number of hydrogen-bond acceptors (Lipinski definition) is 3. The Kier molecular flexibility index (Phi) is 4.19. The molecule has 0 aromatic rings. The van der Waals surface area contributed by atoms with Gasteiger partial charge in [0.15, 0.2) is 0 Å². The normalized spacial score (nSPS) is 26.3. The van der Waals surface area contributed by atoms with Crippen molar-refractivity contribution in [3.05, 3.63) is 24.8 Å². The molecule has 1 N–H and O–H groups in total. The zero-order valence-corrected chi connectivity index (χ0v) is 10.8. The molecular formula is C14H22N2O2. The minimum atomic E-state index is -0.162. The fraction of sp³-hybridized carbons (Fsp3) is 0.643. The highest BCUT2D eigenvalue weighted by molar-refractivity contribution is 5.95. The van der Waals surface area contributed by atoms with Crippen LogP contribution in [-0.4, -0.2) is 59.1 Å². The van der Waals surface area contributed by atoms with Gasteiger partial charge < -0.3 is 10.0 Å². The number of rotatable bonds is 3. The first-order chi connectivity index (χ1) is 8.61. The molecular weight excluding hydrogens is 228 g/mol. The van der Waals surface area contributed by atoms with Gasteiger partial charge in [0.05, 0.1) is 6.10 Å². The Hall–Kier alpha value is -1.13. The first-order valence-corrected chi connectivity index (χ1v) is 6.64. The Morgan fingerprint density at radius 3 is 2.39 bits per heavy atom. The summed E-state index contributed by atoms with van der Waals surface area (Å²) in [4.78, 5) is 16.1. The number of likely N-dealkylation sites (tertiary alicyclic amines) is 2. The molecule has 0 bridgehead atoms. The average molecular weight is 250 g/mol. The maximum atomic E-state index is 11.9. The summed E-state index contributed by atoms with van der Waals surface area (Å²) in [6.07, 6.45) is 4.22. The Morgan fingerprint density at radius 2 is 1.89 bits per heavy atom. The molecule has 2 rings (SSSR count). The van der Waals surface area contributed by atoms with Crippen LogP contribution in [0.15, 0.2) is 24.8 Å². The molecule has 0 aromatic heterocycles. The first kappa shape index (κ1) is 13.3. The number of piperidine rings is 1. The van der Waals surface area contributed by atoms with Gasteiger partial charge in [-0.05, 0) is 19.3 Å². The van der Waals surface area contributed by atoms with Crippen LogP contribution in [0.4, 0.5) is 0 Å². The fourth-order valence-corrected chi connectivity index (χ4v) is 2.82. The molecule has 4 heteroatoms. The predicted molar refractivity (Wildman–Crippen MR) is 71.1 cm³/mol. The van der Waals surface area contributed by atoms with Crippen LogP contribution in [0.1, 0.15) is 19.3 Å². The lowest BCUT2D eigenvalue weighted by Crippen LogP contribution is -2.46. The third kappa shape index (κ3) is 2.82. The van der Waals surface area contributed by atoms with Crippen molar-refractivity contribution in [2.45, 2.75) is 31.4 Å². The lowest BCUT2D eigenvalue weighted by Gasteiger charge is -2.36. The minimum absolute atomic E-state index is 0.00454. The van der Waals surface area contributed by atoms with Gasteiger partial charge in [-0.2, -0.15) is 0 Å². The van der Waals surface area contributed by atoms with Gasteiger partial charge in [-0.25, -0.2) is 0 Å². The van der Waals surface area contributed by atoms with Gasteiger partial charge in [-0.15, -0.1) is 0 Å². The summed E-state index contributed by atoms with van der Waals surface area (Å²) >= 11 is 0. The molecule has 0 aromatic carbocycles. The molecule has 0 spiro atoms. The van der Waals surface area contributed by atoms with E-state index in [0.29, 0.717) is 11.6 Å². The van der Waals surface area contributed by atoms with Crippen LogP contribution in [0.5, 0.6) is 0 Å². The molecule has 0 radical (unpaired) electrons. The zero-order valence-electron chi connectivity index (χ0n) is 10.8. The number of carbonyl (C=O) groups excluding carboxylic acids is 1. The molecule has 18 heavy (non-hydrogen) atoms. The van der Waals surface area contributed by atoms with Crippen LogP contribution >= 0.6 is 0 Å². The van der Waals surface area contributed by atoms with Crippen molar-refractivity contribution in [2.24, 2.45) is 0 Å². The highest BCUT2D eigenvalue weighted by Gasteiger charge is 2.31. The summed E-state index contributed by atoms with van der Waals surface area (Å²) in [7, 11) is 0. The molecule has 1 atom stereocenters. The smallest absolute Gasteiger partial charge is 0.253 e. The molecule has 1 unspecified atom stereocenters. The largest absolute Gasteiger partial charge is 0.392 e. The number of nitrogens with zero attached hydrogens (tertiary/aromatic N) is 2. The molecule has 0 aliphatic carbocycles. The summed E-state index contributed by atoms with van der Waals surface area (Å²) in [5.41, 5.74) is 0.477. The van der Waals surface area contributed by atoms with E-state index in [9.17, 15) is 9.90 Å². The summed E-state index contributed by atoms with van der Waals surface area (Å²) in [6.45, 7) is 10.6. The van der Waals surface area contributed by atoms with E-state index in [-0.39, 0.29) is 12.0 Å². The average Bonchev–Trinajstić information content (AvgIpc) is 2.84. The highest BCUT2D eigenvalue weighted by Crippen LogP contribution is 2.22. The van der Waals surface area contributed by atoms with Crippen molar-refractivity contribution in [1.82, 2.24) is 9.80 Å². The number of β-amino-alcohol motifs (C(OH)–C–C–N with tert-alkyl or cyclic N) is 1.